The smallest absolute Gasteiger partial charge is 0.344 e. The number of rotatable bonds is 6. The molecule has 0 amide bonds. The van der Waals surface area contributed by atoms with E-state index in [0.29, 0.717) is 12.0 Å². The summed E-state index contributed by atoms with van der Waals surface area (Å²) in [5.74, 6) is -1.34. The highest BCUT2D eigenvalue weighted by atomic mass is 19.1. The van der Waals surface area contributed by atoms with Gasteiger partial charge in [-0.05, 0) is 37.5 Å². The van der Waals surface area contributed by atoms with E-state index < -0.39 is 17.9 Å². The first-order valence-electron chi connectivity index (χ1n) is 5.87. The first-order chi connectivity index (χ1) is 8.42. The molecule has 0 aliphatic heterocycles. The molecule has 0 radical (unpaired) electrons. The molecule has 0 aliphatic rings. The Morgan fingerprint density at radius 1 is 1.50 bits per heavy atom. The van der Waals surface area contributed by atoms with Crippen LogP contribution in [0.15, 0.2) is 18.2 Å². The van der Waals surface area contributed by atoms with Crippen molar-refractivity contribution in [3.05, 3.63) is 29.6 Å². The lowest BCUT2D eigenvalue weighted by molar-refractivity contribution is -0.144. The predicted molar refractivity (Wildman–Crippen MR) is 66.1 cm³/mol. The zero-order valence-electron chi connectivity index (χ0n) is 10.5. The Labute approximate surface area is 106 Å². The topological polar surface area (TPSA) is 72.5 Å². The van der Waals surface area contributed by atoms with Crippen molar-refractivity contribution in [1.29, 1.82) is 0 Å². The molecule has 0 bridgehead atoms. The molecular weight excluding hydrogens is 237 g/mol. The lowest BCUT2D eigenvalue weighted by Gasteiger charge is -2.13. The second-order valence-electron chi connectivity index (χ2n) is 4.27. The number of halogens is 1. The summed E-state index contributed by atoms with van der Waals surface area (Å²) in [6.07, 6.45) is 0.309. The Hall–Kier alpha value is -1.62. The van der Waals surface area contributed by atoms with Crippen LogP contribution in [-0.4, -0.2) is 23.2 Å². The molecular formula is C13H18FNO3. The molecule has 2 atom stereocenters. The third-order valence-corrected chi connectivity index (χ3v) is 2.61. The van der Waals surface area contributed by atoms with E-state index in [9.17, 15) is 9.18 Å². The van der Waals surface area contributed by atoms with E-state index in [0.717, 1.165) is 6.42 Å². The van der Waals surface area contributed by atoms with Gasteiger partial charge in [0.2, 0.25) is 0 Å². The number of ether oxygens (including phenoxy) is 1. The summed E-state index contributed by atoms with van der Waals surface area (Å²) in [7, 11) is 0. The summed E-state index contributed by atoms with van der Waals surface area (Å²) in [6.45, 7) is 3.35. The molecule has 0 saturated carbocycles. The maximum atomic E-state index is 13.4. The summed E-state index contributed by atoms with van der Waals surface area (Å²) < 4.78 is 18.5. The highest BCUT2D eigenvalue weighted by Gasteiger charge is 2.14. The van der Waals surface area contributed by atoms with Crippen LogP contribution in [-0.2, 0) is 11.2 Å². The fourth-order valence-corrected chi connectivity index (χ4v) is 1.51. The molecule has 0 spiro atoms. The lowest BCUT2D eigenvalue weighted by Crippen LogP contribution is -2.23. The number of hydrogen-bond donors (Lipinski definition) is 2. The molecule has 0 aromatic heterocycles. The molecule has 4 nitrogen and oxygen atoms in total. The van der Waals surface area contributed by atoms with Crippen LogP contribution in [0, 0.1) is 5.82 Å². The molecule has 5 heteroatoms. The Kier molecular flexibility index (Phi) is 5.09. The number of aliphatic carboxylic acids is 1. The van der Waals surface area contributed by atoms with Crippen LogP contribution < -0.4 is 10.5 Å². The zero-order valence-corrected chi connectivity index (χ0v) is 10.5. The summed E-state index contributed by atoms with van der Waals surface area (Å²) in [6, 6.07) is 4.13. The van der Waals surface area contributed by atoms with Gasteiger partial charge < -0.3 is 15.6 Å². The van der Waals surface area contributed by atoms with Crippen LogP contribution >= 0.6 is 0 Å². The van der Waals surface area contributed by atoms with Gasteiger partial charge in [-0.25, -0.2) is 9.18 Å². The Bertz CT molecular complexity index is 423. The van der Waals surface area contributed by atoms with Gasteiger partial charge in [0.25, 0.3) is 0 Å². The van der Waals surface area contributed by atoms with Crippen molar-refractivity contribution in [3.8, 4) is 5.75 Å². The van der Waals surface area contributed by atoms with Crippen molar-refractivity contribution in [2.45, 2.75) is 38.8 Å². The number of nitrogens with two attached hydrogens (primary N) is 1. The van der Waals surface area contributed by atoms with Crippen LogP contribution in [0.1, 0.15) is 25.8 Å². The van der Waals surface area contributed by atoms with Crippen LogP contribution in [0.4, 0.5) is 4.39 Å². The summed E-state index contributed by atoms with van der Waals surface area (Å²) >= 11 is 0. The van der Waals surface area contributed by atoms with Gasteiger partial charge in [0.05, 0.1) is 0 Å². The predicted octanol–water partition coefficient (Wildman–Crippen LogP) is 1.96. The van der Waals surface area contributed by atoms with E-state index in [1.54, 1.807) is 6.07 Å². The Balaban J connectivity index is 2.83. The number of carboxylic acids is 1. The Morgan fingerprint density at radius 2 is 2.17 bits per heavy atom. The first kappa shape index (κ1) is 14.4. The van der Waals surface area contributed by atoms with E-state index in [4.69, 9.17) is 15.6 Å². The molecule has 0 saturated heterocycles. The SMILES string of the molecule is CCC(N)Cc1cc(F)cc(OC(C)C(=O)O)c1. The summed E-state index contributed by atoms with van der Waals surface area (Å²) in [4.78, 5) is 10.7. The van der Waals surface area contributed by atoms with Gasteiger partial charge in [-0.2, -0.15) is 0 Å². The first-order valence-corrected chi connectivity index (χ1v) is 5.87. The van der Waals surface area contributed by atoms with Crippen molar-refractivity contribution >= 4 is 5.97 Å². The van der Waals surface area contributed by atoms with Gasteiger partial charge in [0.15, 0.2) is 6.10 Å². The number of carboxylic acid groups (broad SMARTS) is 1. The maximum absolute atomic E-state index is 13.4. The number of benzene rings is 1. The van der Waals surface area contributed by atoms with Gasteiger partial charge >= 0.3 is 5.97 Å². The highest BCUT2D eigenvalue weighted by molar-refractivity contribution is 5.72. The second-order valence-corrected chi connectivity index (χ2v) is 4.27. The van der Waals surface area contributed by atoms with Crippen molar-refractivity contribution in [3.63, 3.8) is 0 Å². The largest absolute Gasteiger partial charge is 0.479 e. The van der Waals surface area contributed by atoms with E-state index in [2.05, 4.69) is 0 Å². The molecule has 3 N–H and O–H groups in total. The van der Waals surface area contributed by atoms with Gasteiger partial charge in [0, 0.05) is 12.1 Å². The molecule has 18 heavy (non-hydrogen) atoms. The fraction of sp³-hybridized carbons (Fsp3) is 0.462. The van der Waals surface area contributed by atoms with Gasteiger partial charge in [-0.15, -0.1) is 0 Å². The van der Waals surface area contributed by atoms with E-state index >= 15 is 0 Å². The van der Waals surface area contributed by atoms with Crippen molar-refractivity contribution in [2.24, 2.45) is 5.73 Å². The molecule has 2 unspecified atom stereocenters. The van der Waals surface area contributed by atoms with Crippen molar-refractivity contribution in [1.82, 2.24) is 0 Å². The van der Waals surface area contributed by atoms with Crippen LogP contribution in [0.2, 0.25) is 0 Å². The van der Waals surface area contributed by atoms with E-state index in [1.807, 2.05) is 6.92 Å². The monoisotopic (exact) mass is 255 g/mol. The average Bonchev–Trinajstić information content (AvgIpc) is 2.27. The van der Waals surface area contributed by atoms with E-state index in [-0.39, 0.29) is 11.8 Å². The van der Waals surface area contributed by atoms with Crippen molar-refractivity contribution in [2.75, 3.05) is 0 Å². The van der Waals surface area contributed by atoms with Crippen LogP contribution in [0.25, 0.3) is 0 Å². The summed E-state index contributed by atoms with van der Waals surface area (Å²) in [5.41, 5.74) is 6.50. The third-order valence-electron chi connectivity index (χ3n) is 2.61. The number of hydrogen-bond acceptors (Lipinski definition) is 3. The van der Waals surface area contributed by atoms with E-state index in [1.165, 1.54) is 19.1 Å². The lowest BCUT2D eigenvalue weighted by atomic mass is 10.0. The van der Waals surface area contributed by atoms with Gasteiger partial charge in [-0.3, -0.25) is 0 Å². The van der Waals surface area contributed by atoms with Crippen LogP contribution in [0.5, 0.6) is 5.75 Å². The minimum atomic E-state index is -1.09. The molecule has 1 aromatic carbocycles. The zero-order chi connectivity index (χ0) is 13.7. The third kappa shape index (κ3) is 4.33. The molecule has 100 valence electrons. The molecule has 1 aromatic rings. The molecule has 0 fully saturated rings. The minimum Gasteiger partial charge on any atom is -0.479 e. The quantitative estimate of drug-likeness (QED) is 0.815. The molecule has 0 heterocycles. The number of carbonyl (C=O) groups is 1. The molecule has 0 aliphatic carbocycles. The van der Waals surface area contributed by atoms with Gasteiger partial charge in [0.1, 0.15) is 11.6 Å². The Morgan fingerprint density at radius 3 is 2.72 bits per heavy atom. The second kappa shape index (κ2) is 6.35. The maximum Gasteiger partial charge on any atom is 0.344 e. The molecule has 1 rings (SSSR count). The highest BCUT2D eigenvalue weighted by Crippen LogP contribution is 2.19. The van der Waals surface area contributed by atoms with Crippen LogP contribution in [0.3, 0.4) is 0 Å². The fourth-order valence-electron chi connectivity index (χ4n) is 1.51. The standard InChI is InChI=1S/C13H18FNO3/c1-3-11(15)5-9-4-10(14)7-12(6-9)18-8(2)13(16)17/h4,6-8,11H,3,5,15H2,1-2H3,(H,16,17). The van der Waals surface area contributed by atoms with Crippen molar-refractivity contribution < 1.29 is 19.0 Å². The normalized spacial score (nSPS) is 14.0. The van der Waals surface area contributed by atoms with Gasteiger partial charge in [-0.1, -0.05) is 6.92 Å². The average molecular weight is 255 g/mol. The minimum absolute atomic E-state index is 0.0449. The summed E-state index contributed by atoms with van der Waals surface area (Å²) in [5, 5.41) is 8.73.